The first-order valence-electron chi connectivity index (χ1n) is 4.09. The van der Waals surface area contributed by atoms with Crippen LogP contribution in [0.25, 0.3) is 0 Å². The average molecular weight is 203 g/mol. The van der Waals surface area contributed by atoms with E-state index in [2.05, 4.69) is 0 Å². The smallest absolute Gasteiger partial charge is 0.330 e. The van der Waals surface area contributed by atoms with Gasteiger partial charge in [0.25, 0.3) is 0 Å². The fraction of sp³-hybridized carbons (Fsp3) is 0.750. The van der Waals surface area contributed by atoms with Gasteiger partial charge in [-0.25, -0.2) is 4.79 Å². The molecule has 1 N–H and O–H groups in total. The number of carbonyl (C=O) groups is 2. The van der Waals surface area contributed by atoms with Crippen molar-refractivity contribution in [2.45, 2.75) is 24.1 Å². The summed E-state index contributed by atoms with van der Waals surface area (Å²) in [7, 11) is 1.53. The maximum Gasteiger partial charge on any atom is 0.330 e. The van der Waals surface area contributed by atoms with Gasteiger partial charge in [0, 0.05) is 12.3 Å². The Morgan fingerprint density at radius 3 is 2.69 bits per heavy atom. The third kappa shape index (κ3) is 1.41. The second-order valence-electron chi connectivity index (χ2n) is 3.21. The van der Waals surface area contributed by atoms with Gasteiger partial charge < -0.3 is 10.0 Å². The lowest BCUT2D eigenvalue weighted by Crippen LogP contribution is -2.56. The predicted molar refractivity (Wildman–Crippen MR) is 50.7 cm³/mol. The summed E-state index contributed by atoms with van der Waals surface area (Å²) in [6.07, 6.45) is 1.12. The number of hydrogen-bond acceptors (Lipinski definition) is 3. The maximum absolute atomic E-state index is 11.1. The molecule has 1 amide bonds. The van der Waals surface area contributed by atoms with Crippen molar-refractivity contribution >= 4 is 24.1 Å². The van der Waals surface area contributed by atoms with Crippen LogP contribution in [0.5, 0.6) is 0 Å². The number of amides is 1. The van der Waals surface area contributed by atoms with Crippen LogP contribution < -0.4 is 0 Å². The monoisotopic (exact) mass is 203 g/mol. The molecular weight excluding hydrogens is 190 g/mol. The average Bonchev–Trinajstić information content (AvgIpc) is 2.47. The van der Waals surface area contributed by atoms with E-state index in [4.69, 9.17) is 5.11 Å². The Kier molecular flexibility index (Phi) is 2.85. The highest BCUT2D eigenvalue weighted by Crippen LogP contribution is 2.39. The molecule has 1 fully saturated rings. The van der Waals surface area contributed by atoms with Crippen LogP contribution in [0.15, 0.2) is 0 Å². The van der Waals surface area contributed by atoms with Crippen molar-refractivity contribution in [3.8, 4) is 0 Å². The summed E-state index contributed by atoms with van der Waals surface area (Å²) in [6.45, 7) is 1.85. The van der Waals surface area contributed by atoms with E-state index in [-0.39, 0.29) is 5.25 Å². The molecule has 2 atom stereocenters. The van der Waals surface area contributed by atoms with E-state index in [1.165, 1.54) is 11.9 Å². The predicted octanol–water partition coefficient (Wildman–Crippen LogP) is 0.423. The van der Waals surface area contributed by atoms with Crippen LogP contribution in [0.1, 0.15) is 13.3 Å². The van der Waals surface area contributed by atoms with Crippen LogP contribution >= 0.6 is 11.8 Å². The second-order valence-corrected chi connectivity index (χ2v) is 4.66. The van der Waals surface area contributed by atoms with Crippen LogP contribution in [0.3, 0.4) is 0 Å². The number of carboxylic acid groups (broad SMARTS) is 1. The third-order valence-electron chi connectivity index (χ3n) is 2.68. The van der Waals surface area contributed by atoms with Crippen LogP contribution in [0, 0.1) is 0 Å². The van der Waals surface area contributed by atoms with Crippen LogP contribution in [0.2, 0.25) is 0 Å². The van der Waals surface area contributed by atoms with E-state index < -0.39 is 11.5 Å². The molecule has 0 aromatic heterocycles. The van der Waals surface area contributed by atoms with Crippen molar-refractivity contribution in [1.82, 2.24) is 4.90 Å². The maximum atomic E-state index is 11.1. The molecule has 1 aliphatic heterocycles. The van der Waals surface area contributed by atoms with Crippen molar-refractivity contribution in [1.29, 1.82) is 0 Å². The summed E-state index contributed by atoms with van der Waals surface area (Å²) in [5.41, 5.74) is -0.994. The number of aliphatic carboxylic acids is 1. The van der Waals surface area contributed by atoms with Crippen molar-refractivity contribution in [3.63, 3.8) is 0 Å². The van der Waals surface area contributed by atoms with Crippen molar-refractivity contribution < 1.29 is 14.7 Å². The Labute approximate surface area is 81.3 Å². The minimum Gasteiger partial charge on any atom is -0.479 e. The van der Waals surface area contributed by atoms with Gasteiger partial charge >= 0.3 is 5.97 Å². The minimum absolute atomic E-state index is 0.0415. The summed E-state index contributed by atoms with van der Waals surface area (Å²) in [6, 6.07) is 0. The fourth-order valence-electron chi connectivity index (χ4n) is 1.72. The molecule has 0 spiro atoms. The summed E-state index contributed by atoms with van der Waals surface area (Å²) in [4.78, 5) is 23.0. The summed E-state index contributed by atoms with van der Waals surface area (Å²) < 4.78 is 0. The lowest BCUT2D eigenvalue weighted by Gasteiger charge is -2.35. The summed E-state index contributed by atoms with van der Waals surface area (Å²) in [5.74, 6) is -0.106. The first kappa shape index (κ1) is 10.4. The number of thioether (sulfide) groups is 1. The van der Waals surface area contributed by atoms with Gasteiger partial charge in [-0.1, -0.05) is 6.92 Å². The van der Waals surface area contributed by atoms with Gasteiger partial charge in [0.05, 0.1) is 0 Å². The number of hydrogen-bond donors (Lipinski definition) is 1. The Morgan fingerprint density at radius 1 is 1.77 bits per heavy atom. The number of carboxylic acids is 1. The molecule has 13 heavy (non-hydrogen) atoms. The molecule has 1 rings (SSSR count). The molecule has 4 nitrogen and oxygen atoms in total. The van der Waals surface area contributed by atoms with Gasteiger partial charge in [-0.3, -0.25) is 4.79 Å². The van der Waals surface area contributed by atoms with E-state index >= 15 is 0 Å². The van der Waals surface area contributed by atoms with Gasteiger partial charge in [-0.05, 0) is 12.2 Å². The highest BCUT2D eigenvalue weighted by molar-refractivity contribution is 8.00. The molecule has 0 bridgehead atoms. The van der Waals surface area contributed by atoms with E-state index in [0.29, 0.717) is 12.8 Å². The Hall–Kier alpha value is -0.710. The summed E-state index contributed by atoms with van der Waals surface area (Å²) >= 11 is 1.59. The largest absolute Gasteiger partial charge is 0.479 e. The quantitative estimate of drug-likeness (QED) is 0.675. The molecule has 2 unspecified atom stereocenters. The minimum atomic E-state index is -0.994. The molecule has 5 heteroatoms. The van der Waals surface area contributed by atoms with Crippen molar-refractivity contribution in [2.75, 3.05) is 12.8 Å². The zero-order valence-corrected chi connectivity index (χ0v) is 8.50. The van der Waals surface area contributed by atoms with Gasteiger partial charge in [0.2, 0.25) is 6.41 Å². The molecule has 0 aliphatic carbocycles. The molecule has 1 heterocycles. The number of carbonyl (C=O) groups excluding carboxylic acids is 1. The molecule has 1 saturated heterocycles. The van der Waals surface area contributed by atoms with Crippen LogP contribution in [-0.4, -0.2) is 46.0 Å². The standard InChI is InChI=1S/C8H13NO3S/c1-6-8(7(11)12,3-4-13-6)9(2)5-10/h5-6H,3-4H2,1-2H3,(H,11,12). The third-order valence-corrected chi connectivity index (χ3v) is 4.01. The lowest BCUT2D eigenvalue weighted by atomic mass is 9.91. The fourth-order valence-corrected chi connectivity index (χ4v) is 3.16. The van der Waals surface area contributed by atoms with E-state index in [1.54, 1.807) is 11.8 Å². The Balaban J connectivity index is 2.99. The van der Waals surface area contributed by atoms with Crippen LogP contribution in [-0.2, 0) is 9.59 Å². The topological polar surface area (TPSA) is 57.6 Å². The normalized spacial score (nSPS) is 32.9. The zero-order chi connectivity index (χ0) is 10.1. The highest BCUT2D eigenvalue weighted by atomic mass is 32.2. The van der Waals surface area contributed by atoms with Crippen molar-refractivity contribution in [2.24, 2.45) is 0 Å². The Bertz CT molecular complexity index is 233. The molecule has 0 saturated carbocycles. The van der Waals surface area contributed by atoms with E-state index in [1.807, 2.05) is 6.92 Å². The molecular formula is C8H13NO3S. The van der Waals surface area contributed by atoms with Gasteiger partial charge in [0.15, 0.2) is 5.54 Å². The highest BCUT2D eigenvalue weighted by Gasteiger charge is 2.50. The second kappa shape index (κ2) is 3.57. The van der Waals surface area contributed by atoms with E-state index in [9.17, 15) is 9.59 Å². The molecule has 1 aliphatic rings. The first-order valence-corrected chi connectivity index (χ1v) is 5.14. The van der Waals surface area contributed by atoms with Gasteiger partial charge in [0.1, 0.15) is 0 Å². The molecule has 0 aromatic rings. The molecule has 74 valence electrons. The SMILES string of the molecule is CC1SCCC1(C(=O)O)N(C)C=O. The van der Waals surface area contributed by atoms with Gasteiger partial charge in [-0.2, -0.15) is 11.8 Å². The zero-order valence-electron chi connectivity index (χ0n) is 7.69. The molecule has 0 aromatic carbocycles. The number of likely N-dealkylation sites (N-methyl/N-ethyl adjacent to an activating group) is 1. The Morgan fingerprint density at radius 2 is 2.38 bits per heavy atom. The number of nitrogens with zero attached hydrogens (tertiary/aromatic N) is 1. The lowest BCUT2D eigenvalue weighted by molar-refractivity contribution is -0.153. The molecule has 0 radical (unpaired) electrons. The first-order chi connectivity index (χ1) is 6.05. The van der Waals surface area contributed by atoms with Crippen molar-refractivity contribution in [3.05, 3.63) is 0 Å². The van der Waals surface area contributed by atoms with E-state index in [0.717, 1.165) is 5.75 Å². The van der Waals surface area contributed by atoms with Gasteiger partial charge in [-0.15, -0.1) is 0 Å². The summed E-state index contributed by atoms with van der Waals surface area (Å²) in [5, 5.41) is 9.08. The number of rotatable bonds is 3. The van der Waals surface area contributed by atoms with Crippen LogP contribution in [0.4, 0.5) is 0 Å².